The van der Waals surface area contributed by atoms with Crippen LogP contribution in [0.2, 0.25) is 0 Å². The number of aliphatic hydroxyl groups is 5. The predicted octanol–water partition coefficient (Wildman–Crippen LogP) is 10.6. The Labute approximate surface area is 366 Å². The van der Waals surface area contributed by atoms with Gasteiger partial charge in [0, 0.05) is 6.42 Å². The number of carbonyl (C=O) groups excluding carboxylic acids is 1. The molecule has 7 atom stereocenters. The van der Waals surface area contributed by atoms with Gasteiger partial charge in [0.2, 0.25) is 5.91 Å². The predicted molar refractivity (Wildman–Crippen MR) is 249 cm³/mol. The molecule has 1 amide bonds. The van der Waals surface area contributed by atoms with Crippen LogP contribution in [0.4, 0.5) is 0 Å². The van der Waals surface area contributed by atoms with Crippen molar-refractivity contribution in [3.05, 3.63) is 72.9 Å². The second kappa shape index (κ2) is 40.7. The second-order valence-corrected chi connectivity index (χ2v) is 16.5. The molecular formula is C51H89NO8. The number of amides is 1. The normalized spacial score (nSPS) is 21.2. The molecule has 0 aromatic heterocycles. The first kappa shape index (κ1) is 55.6. The van der Waals surface area contributed by atoms with Gasteiger partial charge in [0.15, 0.2) is 6.29 Å². The van der Waals surface area contributed by atoms with E-state index in [2.05, 4.69) is 79.9 Å². The summed E-state index contributed by atoms with van der Waals surface area (Å²) in [6, 6.07) is -0.763. The minimum atomic E-state index is -1.57. The second-order valence-electron chi connectivity index (χ2n) is 16.5. The van der Waals surface area contributed by atoms with Gasteiger partial charge < -0.3 is 40.3 Å². The van der Waals surface area contributed by atoms with E-state index in [1.54, 1.807) is 0 Å². The number of rotatable bonds is 39. The van der Waals surface area contributed by atoms with Gasteiger partial charge >= 0.3 is 0 Å². The van der Waals surface area contributed by atoms with Gasteiger partial charge in [-0.15, -0.1) is 0 Å². The molecule has 9 nitrogen and oxygen atoms in total. The maximum absolute atomic E-state index is 13.0. The van der Waals surface area contributed by atoms with E-state index in [-0.39, 0.29) is 18.9 Å². The minimum absolute atomic E-state index is 0.172. The zero-order chi connectivity index (χ0) is 43.7. The average molecular weight is 844 g/mol. The molecule has 1 aliphatic rings. The third kappa shape index (κ3) is 30.6. The molecule has 60 heavy (non-hydrogen) atoms. The SMILES string of the molecule is CC/C=C\C/C=C\C/C=C\C/C=C\C/C=C\C/C=C\CCC(=O)NC(COC1OC(CO)C(O)C(O)C1O)C(O)CCCCCCCCCCCCCCCCCCCC. The van der Waals surface area contributed by atoms with Crippen LogP contribution in [0.15, 0.2) is 72.9 Å². The van der Waals surface area contributed by atoms with E-state index in [1.165, 1.54) is 96.3 Å². The lowest BCUT2D eigenvalue weighted by atomic mass is 9.99. The van der Waals surface area contributed by atoms with Gasteiger partial charge in [0.25, 0.3) is 0 Å². The Balaban J connectivity index is 2.37. The topological polar surface area (TPSA) is 149 Å². The first-order valence-corrected chi connectivity index (χ1v) is 24.1. The van der Waals surface area contributed by atoms with Crippen LogP contribution in [0.25, 0.3) is 0 Å². The van der Waals surface area contributed by atoms with E-state index in [0.29, 0.717) is 12.8 Å². The van der Waals surface area contributed by atoms with Crippen molar-refractivity contribution in [1.82, 2.24) is 5.32 Å². The van der Waals surface area contributed by atoms with E-state index >= 15 is 0 Å². The molecule has 0 aliphatic carbocycles. The van der Waals surface area contributed by atoms with Crippen LogP contribution in [0.5, 0.6) is 0 Å². The largest absolute Gasteiger partial charge is 0.394 e. The van der Waals surface area contributed by atoms with Gasteiger partial charge in [-0.05, 0) is 51.4 Å². The highest BCUT2D eigenvalue weighted by molar-refractivity contribution is 5.76. The molecule has 1 fully saturated rings. The third-order valence-electron chi connectivity index (χ3n) is 11.1. The zero-order valence-corrected chi connectivity index (χ0v) is 37.9. The molecular weight excluding hydrogens is 755 g/mol. The maximum atomic E-state index is 13.0. The van der Waals surface area contributed by atoms with Crippen LogP contribution in [0.1, 0.15) is 187 Å². The number of hydrogen-bond donors (Lipinski definition) is 6. The van der Waals surface area contributed by atoms with Crippen molar-refractivity contribution in [3.8, 4) is 0 Å². The van der Waals surface area contributed by atoms with Crippen molar-refractivity contribution in [2.75, 3.05) is 13.2 Å². The number of nitrogens with one attached hydrogen (secondary N) is 1. The number of unbranched alkanes of at least 4 members (excludes halogenated alkanes) is 17. The first-order valence-electron chi connectivity index (χ1n) is 24.1. The number of hydrogen-bond acceptors (Lipinski definition) is 8. The Bertz CT molecular complexity index is 1160. The molecule has 0 bridgehead atoms. The van der Waals surface area contributed by atoms with Crippen LogP contribution < -0.4 is 5.32 Å². The number of ether oxygens (including phenoxy) is 2. The summed E-state index contributed by atoms with van der Waals surface area (Å²) in [6.07, 6.45) is 47.8. The van der Waals surface area contributed by atoms with Crippen molar-refractivity contribution in [3.63, 3.8) is 0 Å². The van der Waals surface area contributed by atoms with Crippen LogP contribution in [-0.2, 0) is 14.3 Å². The molecule has 7 unspecified atom stereocenters. The summed E-state index contributed by atoms with van der Waals surface area (Å²) in [4.78, 5) is 13.0. The molecule has 1 saturated heterocycles. The van der Waals surface area contributed by atoms with Gasteiger partial charge in [-0.2, -0.15) is 0 Å². The van der Waals surface area contributed by atoms with Gasteiger partial charge in [-0.3, -0.25) is 4.79 Å². The summed E-state index contributed by atoms with van der Waals surface area (Å²) in [5.74, 6) is -0.228. The fourth-order valence-corrected chi connectivity index (χ4v) is 7.24. The third-order valence-corrected chi connectivity index (χ3v) is 11.1. The smallest absolute Gasteiger partial charge is 0.220 e. The number of aliphatic hydroxyl groups excluding tert-OH is 5. The van der Waals surface area contributed by atoms with Gasteiger partial charge in [0.05, 0.1) is 25.4 Å². The van der Waals surface area contributed by atoms with E-state index < -0.39 is 49.5 Å². The van der Waals surface area contributed by atoms with Gasteiger partial charge in [0.1, 0.15) is 24.4 Å². The zero-order valence-electron chi connectivity index (χ0n) is 37.9. The van der Waals surface area contributed by atoms with Crippen LogP contribution in [0.3, 0.4) is 0 Å². The molecule has 1 heterocycles. The van der Waals surface area contributed by atoms with Gasteiger partial charge in [-0.1, -0.05) is 202 Å². The monoisotopic (exact) mass is 844 g/mol. The fourth-order valence-electron chi connectivity index (χ4n) is 7.24. The summed E-state index contributed by atoms with van der Waals surface area (Å²) in [6.45, 7) is 3.67. The highest BCUT2D eigenvalue weighted by atomic mass is 16.7. The molecule has 0 aromatic rings. The number of carbonyl (C=O) groups is 1. The molecule has 0 saturated carbocycles. The maximum Gasteiger partial charge on any atom is 0.220 e. The summed E-state index contributed by atoms with van der Waals surface area (Å²) in [5, 5.41) is 54.4. The van der Waals surface area contributed by atoms with Crippen molar-refractivity contribution in [1.29, 1.82) is 0 Å². The quantitative estimate of drug-likeness (QED) is 0.0265. The lowest BCUT2D eigenvalue weighted by Crippen LogP contribution is -2.60. The molecule has 346 valence electrons. The molecule has 0 radical (unpaired) electrons. The summed E-state index contributed by atoms with van der Waals surface area (Å²) in [5.41, 5.74) is 0. The van der Waals surface area contributed by atoms with Crippen molar-refractivity contribution in [2.24, 2.45) is 0 Å². The highest BCUT2D eigenvalue weighted by Gasteiger charge is 2.44. The van der Waals surface area contributed by atoms with Crippen LogP contribution in [0, 0.1) is 0 Å². The van der Waals surface area contributed by atoms with Crippen molar-refractivity contribution in [2.45, 2.75) is 230 Å². The lowest BCUT2D eigenvalue weighted by Gasteiger charge is -2.40. The summed E-state index contributed by atoms with van der Waals surface area (Å²) < 4.78 is 11.2. The Morgan fingerprint density at radius 2 is 1.00 bits per heavy atom. The van der Waals surface area contributed by atoms with Crippen molar-refractivity contribution >= 4 is 5.91 Å². The van der Waals surface area contributed by atoms with Gasteiger partial charge in [-0.25, -0.2) is 0 Å². The van der Waals surface area contributed by atoms with Crippen LogP contribution in [-0.4, -0.2) is 87.5 Å². The van der Waals surface area contributed by atoms with E-state index in [0.717, 1.165) is 57.8 Å². The van der Waals surface area contributed by atoms with E-state index in [9.17, 15) is 30.3 Å². The Hall–Kier alpha value is -2.37. The Kier molecular flexibility index (Phi) is 37.7. The fraction of sp³-hybridized carbons (Fsp3) is 0.745. The highest BCUT2D eigenvalue weighted by Crippen LogP contribution is 2.23. The standard InChI is InChI=1S/C51H89NO8/c1-3-5-7-9-11-13-15-17-19-21-23-25-27-29-31-33-35-37-39-41-47(55)52-44(43-59-51-50(58)49(57)48(56)46(42-53)60-51)45(54)40-38-36-34-32-30-28-26-24-22-20-18-16-14-12-10-8-6-4-2/h5,7,11,13,17,19,23,25,29,31,35,37,44-46,48-51,53-54,56-58H,3-4,6,8-10,12,14-16,18,20-22,24,26-28,30,32-34,36,38-43H2,1-2H3,(H,52,55)/b7-5-,13-11-,19-17-,25-23-,31-29-,37-35-. The van der Waals surface area contributed by atoms with Crippen LogP contribution >= 0.6 is 0 Å². The molecule has 6 N–H and O–H groups in total. The molecule has 1 rings (SSSR count). The minimum Gasteiger partial charge on any atom is -0.394 e. The number of allylic oxidation sites excluding steroid dienone is 12. The lowest BCUT2D eigenvalue weighted by molar-refractivity contribution is -0.302. The summed E-state index contributed by atoms with van der Waals surface area (Å²) in [7, 11) is 0. The molecule has 0 spiro atoms. The molecule has 0 aromatic carbocycles. The summed E-state index contributed by atoms with van der Waals surface area (Å²) >= 11 is 0. The van der Waals surface area contributed by atoms with E-state index in [4.69, 9.17) is 9.47 Å². The average Bonchev–Trinajstić information content (AvgIpc) is 3.25. The first-order chi connectivity index (χ1) is 29.3. The van der Waals surface area contributed by atoms with E-state index in [1.807, 2.05) is 12.2 Å². The molecule has 1 aliphatic heterocycles. The van der Waals surface area contributed by atoms with Crippen molar-refractivity contribution < 1.29 is 39.8 Å². The Morgan fingerprint density at radius 1 is 0.583 bits per heavy atom. The molecule has 9 heteroatoms. The Morgan fingerprint density at radius 3 is 1.43 bits per heavy atom.